The molecule has 0 spiro atoms. The van der Waals surface area contributed by atoms with E-state index in [1.807, 2.05) is 18.3 Å². The zero-order valence-electron chi connectivity index (χ0n) is 10.0. The number of aliphatic hydroxyl groups excluding tert-OH is 1. The molecule has 1 aliphatic rings. The number of fused-ring (bicyclic) bond motifs is 1. The molecule has 3 rings (SSSR count). The number of hydrogen-bond donors (Lipinski definition) is 1. The van der Waals surface area contributed by atoms with E-state index in [2.05, 4.69) is 37.9 Å². The van der Waals surface area contributed by atoms with Crippen LogP contribution in [0.1, 0.15) is 12.8 Å². The van der Waals surface area contributed by atoms with Crippen LogP contribution in [-0.2, 0) is 0 Å². The highest BCUT2D eigenvalue weighted by molar-refractivity contribution is 9.10. The van der Waals surface area contributed by atoms with E-state index in [0.717, 1.165) is 35.9 Å². The number of hydrogen-bond acceptors (Lipinski definition) is 3. The summed E-state index contributed by atoms with van der Waals surface area (Å²) >= 11 is 3.54. The first-order chi connectivity index (χ1) is 8.75. The Labute approximate surface area is 115 Å². The Morgan fingerprint density at radius 1 is 1.22 bits per heavy atom. The number of benzene rings is 1. The third-order valence-electron chi connectivity index (χ3n) is 3.50. The van der Waals surface area contributed by atoms with Crippen molar-refractivity contribution in [1.82, 2.24) is 4.98 Å². The van der Waals surface area contributed by atoms with E-state index in [1.165, 1.54) is 11.1 Å². The number of pyridine rings is 1. The van der Waals surface area contributed by atoms with E-state index >= 15 is 0 Å². The molecule has 2 aromatic rings. The number of piperidine rings is 1. The Kier molecular flexibility index (Phi) is 3.22. The first-order valence-corrected chi connectivity index (χ1v) is 7.01. The molecule has 1 aromatic heterocycles. The van der Waals surface area contributed by atoms with Crippen LogP contribution in [0.4, 0.5) is 5.69 Å². The molecule has 1 saturated heterocycles. The number of para-hydroxylation sites is 1. The molecule has 0 bridgehead atoms. The summed E-state index contributed by atoms with van der Waals surface area (Å²) in [7, 11) is 0. The summed E-state index contributed by atoms with van der Waals surface area (Å²) < 4.78 is 1.03. The van der Waals surface area contributed by atoms with Crippen LogP contribution >= 0.6 is 15.9 Å². The lowest BCUT2D eigenvalue weighted by Crippen LogP contribution is -2.35. The number of halogens is 1. The smallest absolute Gasteiger partial charge is 0.0864 e. The van der Waals surface area contributed by atoms with Crippen LogP contribution in [0, 0.1) is 0 Å². The van der Waals surface area contributed by atoms with E-state index < -0.39 is 0 Å². The van der Waals surface area contributed by atoms with Crippen molar-refractivity contribution in [1.29, 1.82) is 0 Å². The fraction of sp³-hybridized carbons (Fsp3) is 0.357. The van der Waals surface area contributed by atoms with E-state index in [0.29, 0.717) is 0 Å². The van der Waals surface area contributed by atoms with Crippen molar-refractivity contribution in [3.8, 4) is 0 Å². The number of aromatic nitrogens is 1. The highest BCUT2D eigenvalue weighted by Gasteiger charge is 2.19. The van der Waals surface area contributed by atoms with Gasteiger partial charge in [-0.25, -0.2) is 0 Å². The largest absolute Gasteiger partial charge is 0.393 e. The maximum atomic E-state index is 9.58. The lowest BCUT2D eigenvalue weighted by atomic mass is 10.1. The molecule has 1 aromatic carbocycles. The van der Waals surface area contributed by atoms with Crippen molar-refractivity contribution in [3.63, 3.8) is 0 Å². The average Bonchev–Trinajstić information content (AvgIpc) is 2.40. The van der Waals surface area contributed by atoms with Crippen LogP contribution in [0.3, 0.4) is 0 Å². The van der Waals surface area contributed by atoms with Crippen molar-refractivity contribution in [2.45, 2.75) is 18.9 Å². The minimum Gasteiger partial charge on any atom is -0.393 e. The third-order valence-corrected chi connectivity index (χ3v) is 4.14. The predicted octanol–water partition coefficient (Wildman–Crippen LogP) is 2.96. The van der Waals surface area contributed by atoms with Gasteiger partial charge in [-0.1, -0.05) is 12.1 Å². The van der Waals surface area contributed by atoms with Crippen LogP contribution in [0.2, 0.25) is 0 Å². The molecule has 1 aliphatic heterocycles. The molecule has 3 nitrogen and oxygen atoms in total. The molecule has 94 valence electrons. The molecule has 0 unspecified atom stereocenters. The molecular formula is C14H15BrN2O. The van der Waals surface area contributed by atoms with Gasteiger partial charge in [0.1, 0.15) is 0 Å². The SMILES string of the molecule is OC1CCN(c2ccnc3c(Br)cccc23)CC1. The number of rotatable bonds is 1. The molecule has 0 atom stereocenters. The normalized spacial score (nSPS) is 17.3. The van der Waals surface area contributed by atoms with Crippen molar-refractivity contribution in [2.75, 3.05) is 18.0 Å². The van der Waals surface area contributed by atoms with Crippen LogP contribution in [0.25, 0.3) is 10.9 Å². The van der Waals surface area contributed by atoms with Crippen molar-refractivity contribution >= 4 is 32.5 Å². The number of aliphatic hydroxyl groups is 1. The minimum absolute atomic E-state index is 0.138. The lowest BCUT2D eigenvalue weighted by molar-refractivity contribution is 0.145. The van der Waals surface area contributed by atoms with E-state index in [1.54, 1.807) is 0 Å². The average molecular weight is 307 g/mol. The van der Waals surface area contributed by atoms with E-state index in [9.17, 15) is 5.11 Å². The Morgan fingerprint density at radius 3 is 2.78 bits per heavy atom. The van der Waals surface area contributed by atoms with E-state index in [-0.39, 0.29) is 6.10 Å². The van der Waals surface area contributed by atoms with E-state index in [4.69, 9.17) is 0 Å². The second kappa shape index (κ2) is 4.86. The van der Waals surface area contributed by atoms with Gasteiger partial charge in [0, 0.05) is 34.8 Å². The van der Waals surface area contributed by atoms with Crippen LogP contribution in [0.5, 0.6) is 0 Å². The summed E-state index contributed by atoms with van der Waals surface area (Å²) in [5.41, 5.74) is 2.22. The third kappa shape index (κ3) is 2.10. The van der Waals surface area contributed by atoms with Gasteiger partial charge in [-0.05, 0) is 40.9 Å². The molecule has 1 fully saturated rings. The van der Waals surface area contributed by atoms with Gasteiger partial charge in [0.05, 0.1) is 11.6 Å². The van der Waals surface area contributed by atoms with Gasteiger partial charge < -0.3 is 10.0 Å². The first-order valence-electron chi connectivity index (χ1n) is 6.22. The molecule has 2 heterocycles. The Hall–Kier alpha value is -1.13. The molecule has 18 heavy (non-hydrogen) atoms. The first kappa shape index (κ1) is 11.9. The maximum Gasteiger partial charge on any atom is 0.0864 e. The van der Waals surface area contributed by atoms with Gasteiger partial charge in [0.15, 0.2) is 0 Å². The number of nitrogens with zero attached hydrogens (tertiary/aromatic N) is 2. The monoisotopic (exact) mass is 306 g/mol. The van der Waals surface area contributed by atoms with Gasteiger partial charge in [0.25, 0.3) is 0 Å². The standard InChI is InChI=1S/C14H15BrN2O/c15-12-3-1-2-11-13(4-7-16-14(11)12)17-8-5-10(18)6-9-17/h1-4,7,10,18H,5-6,8-9H2. The van der Waals surface area contributed by atoms with Crippen molar-refractivity contribution in [3.05, 3.63) is 34.9 Å². The second-order valence-corrected chi connectivity index (χ2v) is 5.54. The summed E-state index contributed by atoms with van der Waals surface area (Å²) in [5, 5.41) is 10.8. The summed E-state index contributed by atoms with van der Waals surface area (Å²) in [6.07, 6.45) is 3.41. The van der Waals surface area contributed by atoms with Gasteiger partial charge in [-0.15, -0.1) is 0 Å². The van der Waals surface area contributed by atoms with Crippen molar-refractivity contribution < 1.29 is 5.11 Å². The van der Waals surface area contributed by atoms with Crippen LogP contribution in [-0.4, -0.2) is 29.3 Å². The fourth-order valence-electron chi connectivity index (χ4n) is 2.51. The van der Waals surface area contributed by atoms with Gasteiger partial charge in [-0.3, -0.25) is 4.98 Å². The zero-order chi connectivity index (χ0) is 12.5. The Balaban J connectivity index is 2.04. The number of anilines is 1. The Morgan fingerprint density at radius 2 is 2.00 bits per heavy atom. The van der Waals surface area contributed by atoms with Gasteiger partial charge in [0.2, 0.25) is 0 Å². The summed E-state index contributed by atoms with van der Waals surface area (Å²) in [4.78, 5) is 6.76. The van der Waals surface area contributed by atoms with Gasteiger partial charge in [-0.2, -0.15) is 0 Å². The molecule has 4 heteroatoms. The van der Waals surface area contributed by atoms with Crippen LogP contribution in [0.15, 0.2) is 34.9 Å². The zero-order valence-corrected chi connectivity index (χ0v) is 11.6. The summed E-state index contributed by atoms with van der Waals surface area (Å²) in [5.74, 6) is 0. The molecule has 0 saturated carbocycles. The molecule has 0 aliphatic carbocycles. The van der Waals surface area contributed by atoms with Crippen molar-refractivity contribution in [2.24, 2.45) is 0 Å². The molecule has 0 amide bonds. The highest BCUT2D eigenvalue weighted by atomic mass is 79.9. The highest BCUT2D eigenvalue weighted by Crippen LogP contribution is 2.31. The summed E-state index contributed by atoms with van der Waals surface area (Å²) in [6, 6.07) is 8.22. The molecular weight excluding hydrogens is 292 g/mol. The predicted molar refractivity (Wildman–Crippen MR) is 76.9 cm³/mol. The maximum absolute atomic E-state index is 9.58. The topological polar surface area (TPSA) is 36.4 Å². The second-order valence-electron chi connectivity index (χ2n) is 4.68. The minimum atomic E-state index is -0.138. The fourth-order valence-corrected chi connectivity index (χ4v) is 2.98. The van der Waals surface area contributed by atoms with Gasteiger partial charge >= 0.3 is 0 Å². The molecule has 1 N–H and O–H groups in total. The quantitative estimate of drug-likeness (QED) is 0.880. The summed E-state index contributed by atoms with van der Waals surface area (Å²) in [6.45, 7) is 1.82. The molecule has 0 radical (unpaired) electrons. The van der Waals surface area contributed by atoms with Crippen LogP contribution < -0.4 is 4.90 Å². The lowest BCUT2D eigenvalue weighted by Gasteiger charge is -2.32. The Bertz CT molecular complexity index is 565.